The molecule has 0 rings (SSSR count). The van der Waals surface area contributed by atoms with E-state index in [-0.39, 0.29) is 0 Å². The fourth-order valence-corrected chi connectivity index (χ4v) is 2.00. The third-order valence-electron chi connectivity index (χ3n) is 0.892. The molecule has 10 heavy (non-hydrogen) atoms. The molecular formula is C6H13ClO2Si. The first kappa shape index (κ1) is 10.2. The van der Waals surface area contributed by atoms with E-state index in [1.807, 2.05) is 13.8 Å². The SMILES string of the molecule is CCO[SiH](C=CCl)OCC. The largest absolute Gasteiger partial charge is 0.394 e. The Kier molecular flexibility index (Phi) is 7.40. The monoisotopic (exact) mass is 180 g/mol. The molecule has 4 heteroatoms. The second-order valence-corrected chi connectivity index (χ2v) is 3.64. The Morgan fingerprint density at radius 3 is 2.10 bits per heavy atom. The summed E-state index contributed by atoms with van der Waals surface area (Å²) in [6, 6.07) is 0. The van der Waals surface area contributed by atoms with Gasteiger partial charge < -0.3 is 8.85 Å². The highest BCUT2D eigenvalue weighted by Gasteiger charge is 2.05. The molecule has 0 aliphatic carbocycles. The van der Waals surface area contributed by atoms with Crippen LogP contribution in [-0.4, -0.2) is 22.5 Å². The average Bonchev–Trinajstić information content (AvgIpc) is 1.90. The van der Waals surface area contributed by atoms with Crippen LogP contribution < -0.4 is 0 Å². The van der Waals surface area contributed by atoms with Crippen molar-refractivity contribution in [2.75, 3.05) is 13.2 Å². The zero-order valence-electron chi connectivity index (χ0n) is 6.34. The van der Waals surface area contributed by atoms with Crippen LogP contribution >= 0.6 is 11.6 Å². The van der Waals surface area contributed by atoms with E-state index < -0.39 is 9.28 Å². The fourth-order valence-electron chi connectivity index (χ4n) is 0.547. The standard InChI is InChI=1S/C6H13ClO2Si/c1-3-8-10(6-5-7)9-4-2/h5-6,10H,3-4H2,1-2H3. The van der Waals surface area contributed by atoms with Gasteiger partial charge in [0.15, 0.2) is 0 Å². The number of hydrogen-bond donors (Lipinski definition) is 0. The van der Waals surface area contributed by atoms with Crippen molar-refractivity contribution in [1.82, 2.24) is 0 Å². The van der Waals surface area contributed by atoms with Crippen molar-refractivity contribution in [3.05, 3.63) is 11.2 Å². The molecule has 0 saturated heterocycles. The second-order valence-electron chi connectivity index (χ2n) is 1.60. The summed E-state index contributed by atoms with van der Waals surface area (Å²) in [7, 11) is -1.55. The Morgan fingerprint density at radius 1 is 1.30 bits per heavy atom. The lowest BCUT2D eigenvalue weighted by Gasteiger charge is -2.08. The number of rotatable bonds is 5. The van der Waals surface area contributed by atoms with Gasteiger partial charge in [0.1, 0.15) is 0 Å². The van der Waals surface area contributed by atoms with Gasteiger partial charge in [-0.3, -0.25) is 0 Å². The van der Waals surface area contributed by atoms with Gasteiger partial charge >= 0.3 is 9.28 Å². The molecule has 0 aliphatic rings. The van der Waals surface area contributed by atoms with Crippen LogP contribution in [0.3, 0.4) is 0 Å². The summed E-state index contributed by atoms with van der Waals surface area (Å²) in [5.41, 5.74) is 3.26. The Labute approximate surface area is 68.6 Å². The van der Waals surface area contributed by atoms with E-state index in [0.29, 0.717) is 13.2 Å². The molecule has 0 bridgehead atoms. The minimum absolute atomic E-state index is 0.693. The van der Waals surface area contributed by atoms with Crippen molar-refractivity contribution in [2.45, 2.75) is 13.8 Å². The summed E-state index contributed by atoms with van der Waals surface area (Å²) >= 11 is 5.36. The van der Waals surface area contributed by atoms with Crippen molar-refractivity contribution in [3.8, 4) is 0 Å². The molecule has 0 aromatic rings. The van der Waals surface area contributed by atoms with Gasteiger partial charge in [-0.1, -0.05) is 11.6 Å². The average molecular weight is 181 g/mol. The molecule has 0 aliphatic heterocycles. The van der Waals surface area contributed by atoms with Crippen LogP contribution in [0.25, 0.3) is 0 Å². The molecular weight excluding hydrogens is 168 g/mol. The Bertz CT molecular complexity index is 91.7. The van der Waals surface area contributed by atoms with Crippen molar-refractivity contribution >= 4 is 20.9 Å². The Hall–Kier alpha value is 0.167. The molecule has 0 spiro atoms. The zero-order chi connectivity index (χ0) is 7.82. The van der Waals surface area contributed by atoms with Crippen LogP contribution in [0, 0.1) is 0 Å². The van der Waals surface area contributed by atoms with Crippen LogP contribution in [0.1, 0.15) is 13.8 Å². The maximum Gasteiger partial charge on any atom is 0.349 e. The summed E-state index contributed by atoms with van der Waals surface area (Å²) in [6.45, 7) is 5.28. The van der Waals surface area contributed by atoms with Crippen LogP contribution in [0.2, 0.25) is 0 Å². The van der Waals surface area contributed by atoms with Gasteiger partial charge in [-0.05, 0) is 19.5 Å². The second kappa shape index (κ2) is 7.28. The summed E-state index contributed by atoms with van der Waals surface area (Å²) in [5.74, 6) is 0. The molecule has 0 heterocycles. The minimum Gasteiger partial charge on any atom is -0.394 e. The summed E-state index contributed by atoms with van der Waals surface area (Å²) in [5, 5.41) is 0. The first-order valence-corrected chi connectivity index (χ1v) is 5.39. The van der Waals surface area contributed by atoms with Gasteiger partial charge in [0.2, 0.25) is 0 Å². The molecule has 0 fully saturated rings. The molecule has 0 atom stereocenters. The van der Waals surface area contributed by atoms with Crippen molar-refractivity contribution < 1.29 is 8.85 Å². The third kappa shape index (κ3) is 4.99. The quantitative estimate of drug-likeness (QED) is 0.599. The number of hydrogen-bond acceptors (Lipinski definition) is 2. The molecule has 0 saturated carbocycles. The van der Waals surface area contributed by atoms with Crippen LogP contribution in [0.4, 0.5) is 0 Å². The first-order chi connectivity index (χ1) is 4.85. The Morgan fingerprint density at radius 2 is 1.80 bits per heavy atom. The molecule has 0 N–H and O–H groups in total. The van der Waals surface area contributed by atoms with E-state index in [1.165, 1.54) is 5.54 Å². The number of halogens is 1. The van der Waals surface area contributed by atoms with Crippen LogP contribution in [-0.2, 0) is 8.85 Å². The van der Waals surface area contributed by atoms with Gasteiger partial charge in [0, 0.05) is 18.7 Å². The fraction of sp³-hybridized carbons (Fsp3) is 0.667. The van der Waals surface area contributed by atoms with Crippen molar-refractivity contribution in [1.29, 1.82) is 0 Å². The molecule has 0 aromatic carbocycles. The maximum atomic E-state index is 5.36. The molecule has 60 valence electrons. The van der Waals surface area contributed by atoms with Gasteiger partial charge in [0.05, 0.1) is 0 Å². The molecule has 0 amide bonds. The van der Waals surface area contributed by atoms with E-state index in [9.17, 15) is 0 Å². The molecule has 0 radical (unpaired) electrons. The summed E-state index contributed by atoms with van der Waals surface area (Å²) in [4.78, 5) is 0. The maximum absolute atomic E-state index is 5.36. The molecule has 0 unspecified atom stereocenters. The van der Waals surface area contributed by atoms with Gasteiger partial charge in [-0.2, -0.15) is 0 Å². The van der Waals surface area contributed by atoms with Crippen molar-refractivity contribution in [2.24, 2.45) is 0 Å². The van der Waals surface area contributed by atoms with Gasteiger partial charge in [-0.25, -0.2) is 0 Å². The van der Waals surface area contributed by atoms with E-state index >= 15 is 0 Å². The summed E-state index contributed by atoms with van der Waals surface area (Å²) in [6.07, 6.45) is 0. The molecule has 2 nitrogen and oxygen atoms in total. The zero-order valence-corrected chi connectivity index (χ0v) is 8.25. The lowest BCUT2D eigenvalue weighted by molar-refractivity contribution is 0.224. The third-order valence-corrected chi connectivity index (χ3v) is 3.11. The summed E-state index contributed by atoms with van der Waals surface area (Å²) < 4.78 is 10.5. The van der Waals surface area contributed by atoms with E-state index in [0.717, 1.165) is 0 Å². The highest BCUT2D eigenvalue weighted by molar-refractivity contribution is 6.52. The normalized spacial score (nSPS) is 11.6. The van der Waals surface area contributed by atoms with E-state index in [2.05, 4.69) is 0 Å². The topological polar surface area (TPSA) is 18.5 Å². The minimum atomic E-state index is -1.55. The van der Waals surface area contributed by atoms with Crippen LogP contribution in [0.5, 0.6) is 0 Å². The van der Waals surface area contributed by atoms with Gasteiger partial charge in [-0.15, -0.1) is 0 Å². The van der Waals surface area contributed by atoms with E-state index in [4.69, 9.17) is 20.5 Å². The lowest BCUT2D eigenvalue weighted by Crippen LogP contribution is -2.20. The first-order valence-electron chi connectivity index (χ1n) is 3.35. The predicted octanol–water partition coefficient (Wildman–Crippen LogP) is 1.57. The Balaban J connectivity index is 3.50. The van der Waals surface area contributed by atoms with Crippen LogP contribution in [0.15, 0.2) is 11.2 Å². The van der Waals surface area contributed by atoms with Gasteiger partial charge in [0.25, 0.3) is 0 Å². The smallest absolute Gasteiger partial charge is 0.349 e. The highest BCUT2D eigenvalue weighted by atomic mass is 35.5. The lowest BCUT2D eigenvalue weighted by atomic mass is 10.9. The van der Waals surface area contributed by atoms with Crippen molar-refractivity contribution in [3.63, 3.8) is 0 Å². The van der Waals surface area contributed by atoms with E-state index in [1.54, 1.807) is 5.70 Å². The predicted molar refractivity (Wildman–Crippen MR) is 45.4 cm³/mol. The molecule has 0 aromatic heterocycles. The highest BCUT2D eigenvalue weighted by Crippen LogP contribution is 1.92.